The molecule has 1 aromatic rings. The molecular weight excluding hydrogens is 238 g/mol. The Morgan fingerprint density at radius 1 is 1.32 bits per heavy atom. The average Bonchev–Trinajstić information content (AvgIpc) is 2.46. The van der Waals surface area contributed by atoms with E-state index in [1.54, 1.807) is 6.92 Å². The summed E-state index contributed by atoms with van der Waals surface area (Å²) in [7, 11) is 0. The third kappa shape index (κ3) is 3.12. The highest BCUT2D eigenvalue weighted by molar-refractivity contribution is 5.94. The number of anilines is 1. The number of nitriles is 1. The zero-order chi connectivity index (χ0) is 13.8. The van der Waals surface area contributed by atoms with Gasteiger partial charge in [-0.15, -0.1) is 0 Å². The maximum Gasteiger partial charge on any atom is 0.172 e. The smallest absolute Gasteiger partial charge is 0.172 e. The molecule has 0 saturated carbocycles. The van der Waals surface area contributed by atoms with Gasteiger partial charge >= 0.3 is 0 Å². The number of nitrogens with one attached hydrogen (secondary N) is 1. The third-order valence-electron chi connectivity index (χ3n) is 3.85. The second kappa shape index (κ2) is 5.85. The Morgan fingerprint density at radius 3 is 2.37 bits per heavy atom. The number of Topliss-reactive ketones (excluding diaryl/α,β-unsaturated/α-hetero) is 1. The molecule has 0 bridgehead atoms. The normalized spacial score (nSPS) is 17.8. The summed E-state index contributed by atoms with van der Waals surface area (Å²) in [5.41, 5.74) is 1.92. The molecule has 1 aliphatic rings. The fraction of sp³-hybridized carbons (Fsp3) is 0.467. The Morgan fingerprint density at radius 2 is 1.89 bits per heavy atom. The van der Waals surface area contributed by atoms with Crippen LogP contribution in [0.5, 0.6) is 0 Å². The summed E-state index contributed by atoms with van der Waals surface area (Å²) < 4.78 is 0. The van der Waals surface area contributed by atoms with Crippen molar-refractivity contribution in [2.45, 2.75) is 19.9 Å². The van der Waals surface area contributed by atoms with Gasteiger partial charge in [-0.1, -0.05) is 0 Å². The van der Waals surface area contributed by atoms with Crippen LogP contribution < -0.4 is 9.80 Å². The first-order chi connectivity index (χ1) is 9.11. The highest BCUT2D eigenvalue weighted by atomic mass is 16.1. The van der Waals surface area contributed by atoms with Crippen LogP contribution >= 0.6 is 0 Å². The van der Waals surface area contributed by atoms with Gasteiger partial charge in [0.1, 0.15) is 6.07 Å². The number of carbonyl (C=O) groups excluding carboxylic acids is 1. The van der Waals surface area contributed by atoms with Crippen molar-refractivity contribution in [1.29, 1.82) is 5.26 Å². The van der Waals surface area contributed by atoms with E-state index in [0.717, 1.165) is 37.4 Å². The van der Waals surface area contributed by atoms with Gasteiger partial charge in [-0.25, -0.2) is 0 Å². The molecule has 1 aromatic carbocycles. The first kappa shape index (κ1) is 13.6. The zero-order valence-electron chi connectivity index (χ0n) is 11.5. The molecule has 4 heteroatoms. The Bertz CT molecular complexity index is 481. The van der Waals surface area contributed by atoms with Crippen LogP contribution in [0.4, 0.5) is 5.69 Å². The molecule has 0 radical (unpaired) electrons. The van der Waals surface area contributed by atoms with Gasteiger partial charge in [0.2, 0.25) is 0 Å². The number of hydrogen-bond donors (Lipinski definition) is 1. The summed E-state index contributed by atoms with van der Waals surface area (Å²) in [5, 5.41) is 8.94. The first-order valence-corrected chi connectivity index (χ1v) is 6.72. The van der Waals surface area contributed by atoms with Crippen molar-refractivity contribution in [3.63, 3.8) is 0 Å². The van der Waals surface area contributed by atoms with E-state index >= 15 is 0 Å². The van der Waals surface area contributed by atoms with Crippen LogP contribution in [0.2, 0.25) is 0 Å². The van der Waals surface area contributed by atoms with Crippen molar-refractivity contribution in [1.82, 2.24) is 0 Å². The first-order valence-electron chi connectivity index (χ1n) is 6.72. The minimum absolute atomic E-state index is 0.0715. The van der Waals surface area contributed by atoms with Crippen molar-refractivity contribution in [3.05, 3.63) is 29.8 Å². The molecule has 4 nitrogen and oxygen atoms in total. The number of rotatable bonds is 3. The van der Waals surface area contributed by atoms with Crippen molar-refractivity contribution in [3.8, 4) is 6.07 Å². The predicted molar refractivity (Wildman–Crippen MR) is 74.4 cm³/mol. The Hall–Kier alpha value is -1.86. The van der Waals surface area contributed by atoms with Crippen LogP contribution in [0.1, 0.15) is 24.2 Å². The summed E-state index contributed by atoms with van der Waals surface area (Å²) >= 11 is 0. The van der Waals surface area contributed by atoms with Crippen LogP contribution in [0.15, 0.2) is 24.3 Å². The van der Waals surface area contributed by atoms with E-state index in [1.165, 1.54) is 4.90 Å². The average molecular weight is 258 g/mol. The van der Waals surface area contributed by atoms with Crippen molar-refractivity contribution >= 4 is 11.5 Å². The van der Waals surface area contributed by atoms with E-state index in [1.807, 2.05) is 31.2 Å². The molecule has 19 heavy (non-hydrogen) atoms. The lowest BCUT2D eigenvalue weighted by atomic mass is 10.1. The van der Waals surface area contributed by atoms with E-state index in [4.69, 9.17) is 5.26 Å². The molecule has 1 saturated heterocycles. The fourth-order valence-electron chi connectivity index (χ4n) is 2.48. The maximum atomic E-state index is 11.2. The number of quaternary nitrogens is 1. The van der Waals surface area contributed by atoms with Gasteiger partial charge in [0, 0.05) is 18.2 Å². The fourth-order valence-corrected chi connectivity index (χ4v) is 2.48. The summed E-state index contributed by atoms with van der Waals surface area (Å²) in [6, 6.07) is 10.2. The summed E-state index contributed by atoms with van der Waals surface area (Å²) in [4.78, 5) is 14.9. The highest BCUT2D eigenvalue weighted by Gasteiger charge is 2.24. The van der Waals surface area contributed by atoms with Gasteiger partial charge in [0.25, 0.3) is 0 Å². The van der Waals surface area contributed by atoms with E-state index in [-0.39, 0.29) is 11.8 Å². The van der Waals surface area contributed by atoms with Gasteiger partial charge in [0.15, 0.2) is 11.8 Å². The van der Waals surface area contributed by atoms with Gasteiger partial charge in [0.05, 0.1) is 26.2 Å². The molecule has 1 fully saturated rings. The van der Waals surface area contributed by atoms with Gasteiger partial charge in [-0.2, -0.15) is 5.26 Å². The van der Waals surface area contributed by atoms with E-state index in [9.17, 15) is 4.79 Å². The minimum atomic E-state index is 0.0715. The Labute approximate surface area is 114 Å². The molecule has 1 N–H and O–H groups in total. The molecule has 100 valence electrons. The van der Waals surface area contributed by atoms with Crippen LogP contribution in [0.3, 0.4) is 0 Å². The lowest BCUT2D eigenvalue weighted by Crippen LogP contribution is -3.17. The molecule has 1 heterocycles. The van der Waals surface area contributed by atoms with Crippen LogP contribution in [-0.2, 0) is 0 Å². The lowest BCUT2D eigenvalue weighted by molar-refractivity contribution is -0.915. The SMILES string of the molecule is CC(=O)c1ccc(N2CC[NH+]([C@@H](C)C#N)CC2)cc1. The third-order valence-corrected chi connectivity index (χ3v) is 3.85. The summed E-state index contributed by atoms with van der Waals surface area (Å²) in [5.74, 6) is 0.101. The summed E-state index contributed by atoms with van der Waals surface area (Å²) in [6.07, 6.45) is 0. The molecule has 0 aromatic heterocycles. The molecule has 2 rings (SSSR count). The van der Waals surface area contributed by atoms with Crippen molar-refractivity contribution in [2.75, 3.05) is 31.1 Å². The second-order valence-electron chi connectivity index (χ2n) is 5.10. The number of ketones is 1. The molecule has 0 unspecified atom stereocenters. The number of nitrogens with zero attached hydrogens (tertiary/aromatic N) is 2. The maximum absolute atomic E-state index is 11.2. The second-order valence-corrected chi connectivity index (χ2v) is 5.10. The zero-order valence-corrected chi connectivity index (χ0v) is 11.5. The summed E-state index contributed by atoms with van der Waals surface area (Å²) in [6.45, 7) is 7.46. The monoisotopic (exact) mass is 258 g/mol. The number of hydrogen-bond acceptors (Lipinski definition) is 3. The van der Waals surface area contributed by atoms with Gasteiger partial charge in [-0.3, -0.25) is 4.79 Å². The quantitative estimate of drug-likeness (QED) is 0.804. The van der Waals surface area contributed by atoms with E-state index in [0.29, 0.717) is 0 Å². The number of carbonyl (C=O) groups is 1. The molecule has 1 aliphatic heterocycles. The molecular formula is C15H20N3O+. The van der Waals surface area contributed by atoms with Crippen LogP contribution in [0, 0.1) is 11.3 Å². The topological polar surface area (TPSA) is 48.5 Å². The van der Waals surface area contributed by atoms with Crippen LogP contribution in [-0.4, -0.2) is 38.0 Å². The van der Waals surface area contributed by atoms with Crippen molar-refractivity contribution < 1.29 is 9.69 Å². The van der Waals surface area contributed by atoms with E-state index in [2.05, 4.69) is 11.0 Å². The highest BCUT2D eigenvalue weighted by Crippen LogP contribution is 2.15. The van der Waals surface area contributed by atoms with Crippen LogP contribution in [0.25, 0.3) is 0 Å². The molecule has 0 aliphatic carbocycles. The van der Waals surface area contributed by atoms with E-state index < -0.39 is 0 Å². The van der Waals surface area contributed by atoms with Crippen molar-refractivity contribution in [2.24, 2.45) is 0 Å². The number of piperazine rings is 1. The lowest BCUT2D eigenvalue weighted by Gasteiger charge is -2.34. The molecule has 0 spiro atoms. The molecule has 1 atom stereocenters. The Balaban J connectivity index is 1.98. The largest absolute Gasteiger partial charge is 0.360 e. The number of benzene rings is 1. The predicted octanol–water partition coefficient (Wildman–Crippen LogP) is 0.506. The van der Waals surface area contributed by atoms with Gasteiger partial charge < -0.3 is 9.80 Å². The standard InChI is InChI=1S/C15H19N3O/c1-12(11-16)17-7-9-18(10-8-17)15-5-3-14(4-6-15)13(2)19/h3-6,12H,7-10H2,1-2H3/p+1/t12-/m0/s1. The molecule has 0 amide bonds. The minimum Gasteiger partial charge on any atom is -0.360 e. The Kier molecular flexibility index (Phi) is 4.18. The van der Waals surface area contributed by atoms with Gasteiger partial charge in [-0.05, 0) is 31.2 Å².